The van der Waals surface area contributed by atoms with Gasteiger partial charge in [0.15, 0.2) is 0 Å². The van der Waals surface area contributed by atoms with Gasteiger partial charge in [-0.05, 0) is 44.0 Å². The van der Waals surface area contributed by atoms with Crippen LogP contribution in [0.3, 0.4) is 0 Å². The first-order valence-corrected chi connectivity index (χ1v) is 13.4. The number of thiocarbonyl (C=S) groups is 1. The number of anilines is 1. The van der Waals surface area contributed by atoms with E-state index >= 15 is 0 Å². The van der Waals surface area contributed by atoms with Crippen molar-refractivity contribution in [3.8, 4) is 0 Å². The predicted molar refractivity (Wildman–Crippen MR) is 150 cm³/mol. The Balaban J connectivity index is 1.51. The Morgan fingerprint density at radius 3 is 2.44 bits per heavy atom. The topological polar surface area (TPSA) is 61.2 Å². The van der Waals surface area contributed by atoms with Crippen molar-refractivity contribution in [2.24, 2.45) is 0 Å². The molecule has 0 atom stereocenters. The molecule has 5 rings (SSSR count). The summed E-state index contributed by atoms with van der Waals surface area (Å²) in [7, 11) is 0. The fraction of sp³-hybridized carbons (Fsp3) is 0.333. The highest BCUT2D eigenvalue weighted by Crippen LogP contribution is 2.35. The third kappa shape index (κ3) is 4.70. The number of thioether (sulfide) groups is 1. The summed E-state index contributed by atoms with van der Waals surface area (Å²) in [5.41, 5.74) is 3.10. The second kappa shape index (κ2) is 10.2. The van der Waals surface area contributed by atoms with Crippen molar-refractivity contribution in [1.82, 2.24) is 19.2 Å². The van der Waals surface area contributed by atoms with Crippen molar-refractivity contribution >= 4 is 51.7 Å². The second-order valence-electron chi connectivity index (χ2n) is 9.43. The van der Waals surface area contributed by atoms with E-state index in [9.17, 15) is 9.59 Å². The zero-order chi connectivity index (χ0) is 25.4. The lowest BCUT2D eigenvalue weighted by Gasteiger charge is -2.36. The zero-order valence-corrected chi connectivity index (χ0v) is 22.3. The van der Waals surface area contributed by atoms with Crippen molar-refractivity contribution in [3.05, 3.63) is 80.6 Å². The van der Waals surface area contributed by atoms with E-state index in [1.807, 2.05) is 39.0 Å². The third-order valence-corrected chi connectivity index (χ3v) is 7.93. The molecule has 7 nitrogen and oxygen atoms in total. The molecule has 0 N–H and O–H groups in total. The summed E-state index contributed by atoms with van der Waals surface area (Å²) in [6, 6.07) is 14.2. The van der Waals surface area contributed by atoms with E-state index in [-0.39, 0.29) is 17.5 Å². The fourth-order valence-electron chi connectivity index (χ4n) is 4.68. The molecule has 2 fully saturated rings. The predicted octanol–water partition coefficient (Wildman–Crippen LogP) is 3.93. The number of aryl methyl sites for hydroxylation is 1. The van der Waals surface area contributed by atoms with E-state index in [1.54, 1.807) is 21.6 Å². The SMILES string of the molecule is Cc1cccn2c(=O)c(/C=C3\SC(=S)N(C(C)C)C3=O)c(N3CCN(Cc4ccccc4)CC3)nc12. The third-order valence-electron chi connectivity index (χ3n) is 6.60. The number of benzene rings is 1. The van der Waals surface area contributed by atoms with Gasteiger partial charge in [-0.1, -0.05) is 60.4 Å². The Bertz CT molecular complexity index is 1410. The van der Waals surface area contributed by atoms with E-state index in [4.69, 9.17) is 17.2 Å². The molecule has 4 heterocycles. The van der Waals surface area contributed by atoms with Crippen LogP contribution in [-0.4, -0.2) is 61.6 Å². The zero-order valence-electron chi connectivity index (χ0n) is 20.7. The van der Waals surface area contributed by atoms with E-state index in [0.717, 1.165) is 38.3 Å². The number of hydrogen-bond acceptors (Lipinski definition) is 7. The molecule has 0 saturated carbocycles. The highest BCUT2D eigenvalue weighted by atomic mass is 32.2. The van der Waals surface area contributed by atoms with Gasteiger partial charge in [0.2, 0.25) is 0 Å². The minimum Gasteiger partial charge on any atom is -0.353 e. The Hall–Kier alpha value is -3.01. The summed E-state index contributed by atoms with van der Waals surface area (Å²) < 4.78 is 2.08. The summed E-state index contributed by atoms with van der Waals surface area (Å²) in [5.74, 6) is 0.468. The van der Waals surface area contributed by atoms with Crippen LogP contribution in [0.25, 0.3) is 11.7 Å². The maximum atomic E-state index is 13.7. The standard InChI is InChI=1S/C27H29N5O2S2/c1-18(2)32-26(34)22(36-27(32)35)16-21-24(28-23-19(3)8-7-11-31(23)25(21)33)30-14-12-29(13-15-30)17-20-9-5-4-6-10-20/h4-11,16,18H,12-15,17H2,1-3H3/b22-16-. The lowest BCUT2D eigenvalue weighted by Crippen LogP contribution is -2.47. The number of rotatable bonds is 5. The quantitative estimate of drug-likeness (QED) is 0.374. The largest absolute Gasteiger partial charge is 0.353 e. The number of aromatic nitrogens is 2. The van der Waals surface area contributed by atoms with Crippen molar-refractivity contribution in [2.45, 2.75) is 33.4 Å². The van der Waals surface area contributed by atoms with Crippen LogP contribution < -0.4 is 10.5 Å². The molecular formula is C27H29N5O2S2. The average molecular weight is 520 g/mol. The second-order valence-corrected chi connectivity index (χ2v) is 11.1. The molecule has 9 heteroatoms. The highest BCUT2D eigenvalue weighted by molar-refractivity contribution is 8.26. The molecule has 1 amide bonds. The number of carbonyl (C=O) groups excluding carboxylic acids is 1. The van der Waals surface area contributed by atoms with E-state index in [1.165, 1.54) is 17.3 Å². The van der Waals surface area contributed by atoms with Gasteiger partial charge in [-0.15, -0.1) is 0 Å². The van der Waals surface area contributed by atoms with Crippen LogP contribution >= 0.6 is 24.0 Å². The summed E-state index contributed by atoms with van der Waals surface area (Å²) in [4.78, 5) is 38.4. The molecule has 2 aliphatic heterocycles. The lowest BCUT2D eigenvalue weighted by atomic mass is 10.1. The van der Waals surface area contributed by atoms with Gasteiger partial charge in [0.1, 0.15) is 15.8 Å². The number of piperazine rings is 1. The van der Waals surface area contributed by atoms with Gasteiger partial charge >= 0.3 is 0 Å². The smallest absolute Gasteiger partial charge is 0.267 e. The molecule has 36 heavy (non-hydrogen) atoms. The molecule has 0 bridgehead atoms. The monoisotopic (exact) mass is 519 g/mol. The van der Waals surface area contributed by atoms with Crippen LogP contribution in [0.1, 0.15) is 30.5 Å². The first-order valence-electron chi connectivity index (χ1n) is 12.1. The van der Waals surface area contributed by atoms with Crippen molar-refractivity contribution < 1.29 is 4.79 Å². The highest BCUT2D eigenvalue weighted by Gasteiger charge is 2.34. The van der Waals surface area contributed by atoms with Gasteiger partial charge in [-0.25, -0.2) is 4.98 Å². The van der Waals surface area contributed by atoms with Crippen LogP contribution in [0.5, 0.6) is 0 Å². The van der Waals surface area contributed by atoms with Crippen molar-refractivity contribution in [1.29, 1.82) is 0 Å². The number of pyridine rings is 1. The number of hydrogen-bond donors (Lipinski definition) is 0. The molecule has 0 spiro atoms. The Morgan fingerprint density at radius 2 is 1.78 bits per heavy atom. The first kappa shape index (κ1) is 24.7. The van der Waals surface area contributed by atoms with Crippen LogP contribution in [0.4, 0.5) is 5.82 Å². The van der Waals surface area contributed by atoms with Gasteiger partial charge in [0.05, 0.1) is 10.5 Å². The number of carbonyl (C=O) groups is 1. The van der Waals surface area contributed by atoms with Crippen molar-refractivity contribution in [3.63, 3.8) is 0 Å². The number of amides is 1. The number of nitrogens with zero attached hydrogens (tertiary/aromatic N) is 5. The van der Waals surface area contributed by atoms with Gasteiger partial charge in [-0.2, -0.15) is 0 Å². The normalized spacial score (nSPS) is 18.3. The Morgan fingerprint density at radius 1 is 1.06 bits per heavy atom. The van der Waals surface area contributed by atoms with Gasteiger partial charge in [0.25, 0.3) is 11.5 Å². The molecule has 1 aromatic carbocycles. The summed E-state index contributed by atoms with van der Waals surface area (Å²) in [5, 5.41) is 0. The molecule has 0 radical (unpaired) electrons. The summed E-state index contributed by atoms with van der Waals surface area (Å²) >= 11 is 6.70. The van der Waals surface area contributed by atoms with Crippen LogP contribution in [0, 0.1) is 6.92 Å². The van der Waals surface area contributed by atoms with Gasteiger partial charge in [-0.3, -0.25) is 23.8 Å². The number of fused-ring (bicyclic) bond motifs is 1. The van der Waals surface area contributed by atoms with Crippen LogP contribution in [0.15, 0.2) is 58.4 Å². The maximum Gasteiger partial charge on any atom is 0.267 e. The summed E-state index contributed by atoms with van der Waals surface area (Å²) in [6.45, 7) is 9.93. The van der Waals surface area contributed by atoms with Crippen molar-refractivity contribution in [2.75, 3.05) is 31.1 Å². The fourth-order valence-corrected chi connectivity index (χ4v) is 6.19. The van der Waals surface area contributed by atoms with E-state index < -0.39 is 0 Å². The average Bonchev–Trinajstić information content (AvgIpc) is 3.15. The molecule has 2 saturated heterocycles. The first-order chi connectivity index (χ1) is 17.3. The molecule has 0 unspecified atom stereocenters. The Labute approximate surface area is 220 Å². The lowest BCUT2D eigenvalue weighted by molar-refractivity contribution is -0.123. The van der Waals surface area contributed by atoms with Gasteiger partial charge in [0, 0.05) is 45.0 Å². The van der Waals surface area contributed by atoms with Crippen LogP contribution in [0.2, 0.25) is 0 Å². The minimum absolute atomic E-state index is 0.0426. The minimum atomic E-state index is -0.180. The van der Waals surface area contributed by atoms with E-state index in [0.29, 0.717) is 26.3 Å². The van der Waals surface area contributed by atoms with Gasteiger partial charge < -0.3 is 4.90 Å². The molecule has 0 aliphatic carbocycles. The molecule has 2 aliphatic rings. The molecule has 2 aromatic heterocycles. The summed E-state index contributed by atoms with van der Waals surface area (Å²) in [6.07, 6.45) is 3.42. The Kier molecular flexibility index (Phi) is 6.96. The molecular weight excluding hydrogens is 490 g/mol. The van der Waals surface area contributed by atoms with E-state index in [2.05, 4.69) is 34.1 Å². The van der Waals surface area contributed by atoms with Crippen LogP contribution in [-0.2, 0) is 11.3 Å². The maximum absolute atomic E-state index is 13.7. The molecule has 186 valence electrons. The molecule has 3 aromatic rings.